The lowest BCUT2D eigenvalue weighted by atomic mass is 9.34. The number of hydrogen-bond donors (Lipinski definition) is 3. The second-order valence-electron chi connectivity index (χ2n) is 20.3. The Labute approximate surface area is 364 Å². The molecule has 0 saturated heterocycles. The summed E-state index contributed by atoms with van der Waals surface area (Å²) in [4.78, 5) is 25.1. The summed E-state index contributed by atoms with van der Waals surface area (Å²) in [5.74, 6) is 1.91. The van der Waals surface area contributed by atoms with Gasteiger partial charge in [-0.1, -0.05) is 51.5 Å². The Bertz CT molecular complexity index is 2620. The number of allylic oxidation sites excluding steroid dienone is 2. The molecule has 1 aliphatic heterocycles. The number of carbonyl (C=O) groups is 1. The van der Waals surface area contributed by atoms with Crippen LogP contribution in [-0.4, -0.2) is 48.2 Å². The van der Waals surface area contributed by atoms with Crippen molar-refractivity contribution in [3.8, 4) is 45.6 Å². The first-order valence-electron chi connectivity index (χ1n) is 21.9. The monoisotopic (exact) mass is 846 g/mol. The predicted molar refractivity (Wildman–Crippen MR) is 241 cm³/mol. The number of carboxylic acids is 1. The van der Waals surface area contributed by atoms with Crippen molar-refractivity contribution in [2.24, 2.45) is 27.6 Å². The largest absolute Gasteiger partial charge is 0.504 e. The topological polar surface area (TPSA) is 145 Å². The summed E-state index contributed by atoms with van der Waals surface area (Å²) in [6.07, 6.45) is 13.9. The Morgan fingerprint density at radius 2 is 1.52 bits per heavy atom. The number of hydrogen-bond acceptors (Lipinski definition) is 9. The van der Waals surface area contributed by atoms with Gasteiger partial charge < -0.3 is 38.7 Å². The number of phenolic OH excluding ortho intramolecular Hbond substituents is 2. The molecule has 6 atom stereocenters. The van der Waals surface area contributed by atoms with Crippen LogP contribution in [0.4, 0.5) is 0 Å². The molecule has 0 radical (unpaired) electrons. The molecule has 9 rings (SSSR count). The Hall–Kier alpha value is -5.38. The van der Waals surface area contributed by atoms with Gasteiger partial charge in [-0.05, 0) is 154 Å². The van der Waals surface area contributed by atoms with Crippen molar-refractivity contribution in [1.29, 1.82) is 0 Å². The fourth-order valence-corrected chi connectivity index (χ4v) is 12.5. The van der Waals surface area contributed by atoms with Gasteiger partial charge in [0.2, 0.25) is 0 Å². The molecule has 3 aromatic carbocycles. The number of carboxylic acid groups (broad SMARTS) is 1. The number of ether oxygens (including phenoxy) is 4. The summed E-state index contributed by atoms with van der Waals surface area (Å²) in [5.41, 5.74) is 5.11. The maximum atomic E-state index is 12.9. The maximum absolute atomic E-state index is 12.9. The zero-order chi connectivity index (χ0) is 44.9. The van der Waals surface area contributed by atoms with E-state index in [9.17, 15) is 24.9 Å². The van der Waals surface area contributed by atoms with Crippen molar-refractivity contribution in [2.75, 3.05) is 21.3 Å². The molecular weight excluding hydrogens is 785 g/mol. The highest BCUT2D eigenvalue weighted by atomic mass is 16.5. The minimum atomic E-state index is -0.641. The van der Waals surface area contributed by atoms with Gasteiger partial charge in [0, 0.05) is 11.5 Å². The summed E-state index contributed by atoms with van der Waals surface area (Å²) in [6.45, 7) is 17.4. The second kappa shape index (κ2) is 14.6. The van der Waals surface area contributed by atoms with Gasteiger partial charge in [0.05, 0.1) is 32.3 Å². The molecule has 330 valence electrons. The van der Waals surface area contributed by atoms with Gasteiger partial charge in [-0.25, -0.2) is 4.79 Å². The molecule has 5 aliphatic rings. The van der Waals surface area contributed by atoms with Crippen molar-refractivity contribution >= 4 is 23.0 Å². The Morgan fingerprint density at radius 1 is 0.839 bits per heavy atom. The first-order valence-corrected chi connectivity index (χ1v) is 21.9. The van der Waals surface area contributed by atoms with Crippen LogP contribution >= 0.6 is 0 Å². The summed E-state index contributed by atoms with van der Waals surface area (Å²) < 4.78 is 28.3. The zero-order valence-corrected chi connectivity index (χ0v) is 38.1. The van der Waals surface area contributed by atoms with Gasteiger partial charge in [0.15, 0.2) is 11.5 Å². The lowest BCUT2D eigenvalue weighted by molar-refractivity contribution is -0.177. The molecule has 1 aromatic heterocycles. The van der Waals surface area contributed by atoms with Crippen LogP contribution in [0.25, 0.3) is 28.2 Å². The standard InChI is InChI=1S/C29H40O4.C23H22O6/c1-17-18-7-8-21-27(4,19(18)15-20(30)23(17)31)12-14-29(6)22-16-26(3,24(32)33)10-9-25(22,2)11-13-28(21,29)5;1-23(2)11-10-15-16(29-23)12-17-19(20(15)26-4)21(27-5)18(22(24)28-17)13-6-8-14(25-3)9-7-13/h8,15,22,30-31H,7,9-14,16H2,1-6H3,(H,32,33);6-12H,1-5H3. The smallest absolute Gasteiger partial charge is 0.347 e. The Morgan fingerprint density at radius 3 is 2.16 bits per heavy atom. The first kappa shape index (κ1) is 43.3. The lowest BCUT2D eigenvalue weighted by Gasteiger charge is -2.69. The number of rotatable bonds is 5. The van der Waals surface area contributed by atoms with Gasteiger partial charge >= 0.3 is 11.6 Å². The van der Waals surface area contributed by atoms with E-state index in [4.69, 9.17) is 23.4 Å². The van der Waals surface area contributed by atoms with E-state index in [1.165, 1.54) is 18.2 Å². The second-order valence-corrected chi connectivity index (χ2v) is 20.3. The van der Waals surface area contributed by atoms with Crippen LogP contribution in [0.3, 0.4) is 0 Å². The van der Waals surface area contributed by atoms with E-state index < -0.39 is 22.6 Å². The van der Waals surface area contributed by atoms with E-state index in [1.807, 2.05) is 45.9 Å². The zero-order valence-electron chi connectivity index (χ0n) is 38.1. The molecule has 3 N–H and O–H groups in total. The number of methoxy groups -OCH3 is 3. The molecule has 62 heavy (non-hydrogen) atoms. The summed E-state index contributed by atoms with van der Waals surface area (Å²) in [5, 5.41) is 31.5. The third-order valence-electron chi connectivity index (χ3n) is 16.5. The minimum Gasteiger partial charge on any atom is -0.504 e. The first-order chi connectivity index (χ1) is 29.1. The quantitative estimate of drug-likeness (QED) is 0.101. The van der Waals surface area contributed by atoms with E-state index in [0.717, 1.165) is 68.1 Å². The highest BCUT2D eigenvalue weighted by Gasteiger charge is 2.67. The van der Waals surface area contributed by atoms with Crippen LogP contribution in [0.1, 0.15) is 116 Å². The summed E-state index contributed by atoms with van der Waals surface area (Å²) in [6, 6.07) is 10.7. The molecule has 2 heterocycles. The van der Waals surface area contributed by atoms with Crippen molar-refractivity contribution < 1.29 is 43.5 Å². The number of benzene rings is 3. The van der Waals surface area contributed by atoms with Crippen LogP contribution in [0, 0.1) is 34.5 Å². The minimum absolute atomic E-state index is 0.00431. The molecule has 0 bridgehead atoms. The van der Waals surface area contributed by atoms with Gasteiger partial charge in [-0.3, -0.25) is 4.79 Å². The molecule has 3 saturated carbocycles. The van der Waals surface area contributed by atoms with E-state index in [2.05, 4.69) is 33.8 Å². The molecule has 0 spiro atoms. The van der Waals surface area contributed by atoms with Crippen molar-refractivity contribution in [2.45, 2.75) is 118 Å². The molecule has 10 heteroatoms. The van der Waals surface area contributed by atoms with Crippen molar-refractivity contribution in [3.05, 3.63) is 86.8 Å². The van der Waals surface area contributed by atoms with Gasteiger partial charge in [0.1, 0.15) is 45.1 Å². The molecule has 4 aliphatic carbocycles. The fourth-order valence-electron chi connectivity index (χ4n) is 12.5. The van der Waals surface area contributed by atoms with E-state index in [-0.39, 0.29) is 33.2 Å². The highest BCUT2D eigenvalue weighted by Crippen LogP contribution is 2.74. The van der Waals surface area contributed by atoms with E-state index >= 15 is 0 Å². The van der Waals surface area contributed by atoms with Gasteiger partial charge in [-0.15, -0.1) is 0 Å². The maximum Gasteiger partial charge on any atom is 0.347 e. The third-order valence-corrected chi connectivity index (χ3v) is 16.5. The van der Waals surface area contributed by atoms with Crippen LogP contribution in [0.15, 0.2) is 63.3 Å². The fraction of sp³-hybridized carbons (Fsp3) is 0.500. The van der Waals surface area contributed by atoms with E-state index in [0.29, 0.717) is 51.0 Å². The normalized spacial score (nSPS) is 30.1. The molecular formula is C52H62O10. The van der Waals surface area contributed by atoms with E-state index in [1.54, 1.807) is 44.6 Å². The van der Waals surface area contributed by atoms with Crippen molar-refractivity contribution in [1.82, 2.24) is 0 Å². The molecule has 3 fully saturated rings. The summed E-state index contributed by atoms with van der Waals surface area (Å²) >= 11 is 0. The number of aliphatic carboxylic acids is 1. The lowest BCUT2D eigenvalue weighted by Crippen LogP contribution is -2.62. The summed E-state index contributed by atoms with van der Waals surface area (Å²) in [7, 11) is 4.68. The average molecular weight is 847 g/mol. The number of phenols is 2. The Kier molecular flexibility index (Phi) is 10.2. The Balaban J connectivity index is 0.000000172. The van der Waals surface area contributed by atoms with Crippen LogP contribution in [0.2, 0.25) is 0 Å². The molecule has 0 amide bonds. The van der Waals surface area contributed by atoms with Crippen molar-refractivity contribution in [3.63, 3.8) is 0 Å². The van der Waals surface area contributed by atoms with Gasteiger partial charge in [0.25, 0.3) is 0 Å². The van der Waals surface area contributed by atoms with Crippen LogP contribution in [-0.2, 0) is 16.6 Å². The highest BCUT2D eigenvalue weighted by molar-refractivity contribution is 5.99. The molecule has 6 unspecified atom stereocenters. The molecule has 10 nitrogen and oxygen atoms in total. The van der Waals surface area contributed by atoms with Gasteiger partial charge in [-0.2, -0.15) is 0 Å². The predicted octanol–water partition coefficient (Wildman–Crippen LogP) is 11.3. The van der Waals surface area contributed by atoms with Crippen LogP contribution < -0.4 is 24.6 Å². The van der Waals surface area contributed by atoms with Crippen LogP contribution in [0.5, 0.6) is 34.5 Å². The SMILES string of the molecule is COc1ccc(-c2c(OC)c3c(OC)c4c(cc3oc2=O)OC(C)(C)C=C4)cc1.Cc1c(O)c(O)cc2c1CC=C1C2(C)CCC2(C)C3CC(C)(C(=O)O)CCC3(C)CCC12C. The number of fused-ring (bicyclic) bond motifs is 9. The average Bonchev–Trinajstić information content (AvgIpc) is 3.23. The third kappa shape index (κ3) is 6.32. The molecule has 4 aromatic rings. The number of aromatic hydroxyl groups is 2.